The molecule has 2 heterocycles. The van der Waals surface area contributed by atoms with Crippen LogP contribution in [0.15, 0.2) is 43.4 Å². The molecule has 5 heteroatoms. The van der Waals surface area contributed by atoms with E-state index in [9.17, 15) is 0 Å². The number of aromatic nitrogens is 4. The molecule has 66 valence electrons. The maximum absolute atomic E-state index is 5.18. The summed E-state index contributed by atoms with van der Waals surface area (Å²) in [7, 11) is 0. The van der Waals surface area contributed by atoms with E-state index in [2.05, 4.69) is 19.9 Å². The third kappa shape index (κ3) is 4.41. The molecule has 0 aliphatic carbocycles. The quantitative estimate of drug-likeness (QED) is 0.632. The van der Waals surface area contributed by atoms with Gasteiger partial charge in [0.1, 0.15) is 5.82 Å². The van der Waals surface area contributed by atoms with Crippen molar-refractivity contribution in [3.63, 3.8) is 0 Å². The molecule has 5 nitrogen and oxygen atoms in total. The Bertz CT molecular complexity index is 283. The first-order valence-electron chi connectivity index (χ1n) is 3.61. The van der Waals surface area contributed by atoms with Gasteiger partial charge < -0.3 is 5.73 Å². The van der Waals surface area contributed by atoms with Gasteiger partial charge in [0, 0.05) is 37.2 Å². The van der Waals surface area contributed by atoms with Crippen molar-refractivity contribution in [2.75, 3.05) is 5.73 Å². The number of nitrogen functional groups attached to an aromatic ring is 1. The molecule has 0 spiro atoms. The Kier molecular flexibility index (Phi) is 3.89. The zero-order chi connectivity index (χ0) is 9.36. The summed E-state index contributed by atoms with van der Waals surface area (Å²) < 4.78 is 0. The van der Waals surface area contributed by atoms with Gasteiger partial charge >= 0.3 is 0 Å². The fourth-order valence-corrected chi connectivity index (χ4v) is 0.564. The van der Waals surface area contributed by atoms with Crippen LogP contribution in [-0.2, 0) is 0 Å². The van der Waals surface area contributed by atoms with Crippen LogP contribution in [0.5, 0.6) is 0 Å². The summed E-state index contributed by atoms with van der Waals surface area (Å²) in [5, 5.41) is 0. The van der Waals surface area contributed by atoms with E-state index in [0.29, 0.717) is 5.82 Å². The lowest BCUT2D eigenvalue weighted by atomic mass is 10.7. The van der Waals surface area contributed by atoms with Crippen molar-refractivity contribution < 1.29 is 0 Å². The highest BCUT2D eigenvalue weighted by atomic mass is 14.9. The average Bonchev–Trinajstić information content (AvgIpc) is 2.22. The van der Waals surface area contributed by atoms with Crippen molar-refractivity contribution in [3.05, 3.63) is 43.4 Å². The van der Waals surface area contributed by atoms with E-state index in [1.54, 1.807) is 37.2 Å². The summed E-state index contributed by atoms with van der Waals surface area (Å²) in [6, 6.07) is 0. The second-order valence-electron chi connectivity index (χ2n) is 2.02. The Morgan fingerprint density at radius 3 is 1.54 bits per heavy atom. The van der Waals surface area contributed by atoms with Crippen molar-refractivity contribution in [1.82, 2.24) is 19.9 Å². The maximum Gasteiger partial charge on any atom is 0.141 e. The number of rotatable bonds is 0. The van der Waals surface area contributed by atoms with Gasteiger partial charge in [-0.2, -0.15) is 0 Å². The molecular formula is C8H9N5. The molecule has 2 rings (SSSR count). The van der Waals surface area contributed by atoms with Crippen LogP contribution in [0.25, 0.3) is 0 Å². The molecule has 0 unspecified atom stereocenters. The molecule has 0 amide bonds. The van der Waals surface area contributed by atoms with E-state index in [-0.39, 0.29) is 0 Å². The molecule has 0 aliphatic rings. The van der Waals surface area contributed by atoms with Gasteiger partial charge in [-0.15, -0.1) is 0 Å². The molecule has 2 aromatic rings. The third-order valence-electron chi connectivity index (χ3n) is 1.06. The maximum atomic E-state index is 5.18. The van der Waals surface area contributed by atoms with E-state index < -0.39 is 0 Å². The SMILES string of the molecule is Nc1cnccn1.c1cnccn1. The number of nitrogens with zero attached hydrogens (tertiary/aromatic N) is 4. The van der Waals surface area contributed by atoms with Crippen molar-refractivity contribution in [2.24, 2.45) is 0 Å². The molecule has 0 saturated carbocycles. The molecule has 0 bridgehead atoms. The highest BCUT2D eigenvalue weighted by molar-refractivity contribution is 5.20. The van der Waals surface area contributed by atoms with E-state index in [1.165, 1.54) is 6.20 Å². The number of hydrogen-bond donors (Lipinski definition) is 1. The zero-order valence-electron chi connectivity index (χ0n) is 6.91. The molecule has 0 aromatic carbocycles. The summed E-state index contributed by atoms with van der Waals surface area (Å²) in [6.45, 7) is 0. The van der Waals surface area contributed by atoms with Crippen LogP contribution < -0.4 is 5.73 Å². The molecule has 13 heavy (non-hydrogen) atoms. The number of nitrogens with two attached hydrogens (primary N) is 1. The topological polar surface area (TPSA) is 77.6 Å². The molecule has 0 fully saturated rings. The van der Waals surface area contributed by atoms with Gasteiger partial charge in [0.05, 0.1) is 6.20 Å². The predicted octanol–water partition coefficient (Wildman–Crippen LogP) is 0.535. The van der Waals surface area contributed by atoms with Crippen LogP contribution in [0.1, 0.15) is 0 Å². The molecule has 2 aromatic heterocycles. The summed E-state index contributed by atoms with van der Waals surface area (Å²) >= 11 is 0. The molecule has 0 saturated heterocycles. The van der Waals surface area contributed by atoms with Crippen LogP contribution in [0, 0.1) is 0 Å². The molecular weight excluding hydrogens is 166 g/mol. The highest BCUT2D eigenvalue weighted by Gasteiger charge is 1.74. The van der Waals surface area contributed by atoms with Gasteiger partial charge in [-0.25, -0.2) is 4.98 Å². The second-order valence-corrected chi connectivity index (χ2v) is 2.02. The van der Waals surface area contributed by atoms with E-state index >= 15 is 0 Å². The average molecular weight is 175 g/mol. The number of hydrogen-bond acceptors (Lipinski definition) is 5. The smallest absolute Gasteiger partial charge is 0.141 e. The lowest BCUT2D eigenvalue weighted by molar-refractivity contribution is 1.20. The van der Waals surface area contributed by atoms with Gasteiger partial charge in [-0.05, 0) is 0 Å². The van der Waals surface area contributed by atoms with Crippen LogP contribution in [0.2, 0.25) is 0 Å². The first-order valence-corrected chi connectivity index (χ1v) is 3.61. The van der Waals surface area contributed by atoms with Gasteiger partial charge in [0.15, 0.2) is 0 Å². The van der Waals surface area contributed by atoms with E-state index in [0.717, 1.165) is 0 Å². The molecule has 2 N–H and O–H groups in total. The Morgan fingerprint density at radius 2 is 1.31 bits per heavy atom. The third-order valence-corrected chi connectivity index (χ3v) is 1.06. The van der Waals surface area contributed by atoms with Crippen LogP contribution in [-0.4, -0.2) is 19.9 Å². The van der Waals surface area contributed by atoms with E-state index in [4.69, 9.17) is 5.73 Å². The van der Waals surface area contributed by atoms with Crippen LogP contribution in [0.4, 0.5) is 5.82 Å². The minimum atomic E-state index is 0.461. The van der Waals surface area contributed by atoms with Crippen molar-refractivity contribution in [1.29, 1.82) is 0 Å². The highest BCUT2D eigenvalue weighted by Crippen LogP contribution is 1.84. The Hall–Kier alpha value is -2.04. The van der Waals surface area contributed by atoms with Crippen molar-refractivity contribution in [3.8, 4) is 0 Å². The lowest BCUT2D eigenvalue weighted by Gasteiger charge is -1.82. The predicted molar refractivity (Wildman–Crippen MR) is 48.5 cm³/mol. The normalized spacial score (nSPS) is 8.31. The van der Waals surface area contributed by atoms with Gasteiger partial charge in [-0.1, -0.05) is 0 Å². The Balaban J connectivity index is 0.000000132. The molecule has 0 aliphatic heterocycles. The monoisotopic (exact) mass is 175 g/mol. The summed E-state index contributed by atoms with van der Waals surface area (Å²) in [5.41, 5.74) is 5.18. The summed E-state index contributed by atoms with van der Waals surface area (Å²) in [5.74, 6) is 0.461. The van der Waals surface area contributed by atoms with Crippen molar-refractivity contribution >= 4 is 5.82 Å². The minimum absolute atomic E-state index is 0.461. The minimum Gasteiger partial charge on any atom is -0.382 e. The fourth-order valence-electron chi connectivity index (χ4n) is 0.564. The standard InChI is InChI=1S/C4H5N3.C4H4N2/c5-4-3-6-1-2-7-4;1-2-6-4-3-5-1/h1-3H,(H2,5,7);1-4H. The fraction of sp³-hybridized carbons (Fsp3) is 0. The molecule has 0 atom stereocenters. The second kappa shape index (κ2) is 5.59. The van der Waals surface area contributed by atoms with Crippen LogP contribution >= 0.6 is 0 Å². The van der Waals surface area contributed by atoms with Gasteiger partial charge in [0.25, 0.3) is 0 Å². The lowest BCUT2D eigenvalue weighted by Crippen LogP contribution is -1.87. The van der Waals surface area contributed by atoms with Crippen molar-refractivity contribution in [2.45, 2.75) is 0 Å². The van der Waals surface area contributed by atoms with E-state index in [1.807, 2.05) is 0 Å². The summed E-state index contributed by atoms with van der Waals surface area (Å²) in [6.07, 6.45) is 11.2. The first kappa shape index (κ1) is 9.05. The molecule has 0 radical (unpaired) electrons. The van der Waals surface area contributed by atoms with Crippen LogP contribution in [0.3, 0.4) is 0 Å². The Morgan fingerprint density at radius 1 is 0.769 bits per heavy atom. The van der Waals surface area contributed by atoms with Gasteiger partial charge in [-0.3, -0.25) is 15.0 Å². The first-order chi connectivity index (χ1) is 6.39. The number of anilines is 1. The van der Waals surface area contributed by atoms with Gasteiger partial charge in [0.2, 0.25) is 0 Å². The largest absolute Gasteiger partial charge is 0.382 e. The Labute approximate surface area is 75.7 Å². The summed E-state index contributed by atoms with van der Waals surface area (Å²) in [4.78, 5) is 14.8. The zero-order valence-corrected chi connectivity index (χ0v) is 6.91.